The van der Waals surface area contributed by atoms with E-state index in [1.165, 1.54) is 7.11 Å². The highest BCUT2D eigenvalue weighted by Crippen LogP contribution is 2.42. The van der Waals surface area contributed by atoms with Gasteiger partial charge in [-0.3, -0.25) is 14.4 Å². The average molecular weight is 607 g/mol. The van der Waals surface area contributed by atoms with Crippen molar-refractivity contribution in [2.45, 2.75) is 26.7 Å². The first-order valence-corrected chi connectivity index (χ1v) is 13.4. The summed E-state index contributed by atoms with van der Waals surface area (Å²) in [7, 11) is 1.17. The van der Waals surface area contributed by atoms with Crippen molar-refractivity contribution in [3.63, 3.8) is 0 Å². The minimum atomic E-state index is -1.31. The van der Waals surface area contributed by atoms with Crippen LogP contribution in [-0.2, 0) is 19.1 Å². The van der Waals surface area contributed by atoms with E-state index in [1.807, 2.05) is 32.9 Å². The van der Waals surface area contributed by atoms with Crippen molar-refractivity contribution in [1.29, 1.82) is 5.26 Å². The lowest BCUT2D eigenvalue weighted by Gasteiger charge is -2.31. The number of thioether (sulfide) groups is 1. The van der Waals surface area contributed by atoms with Gasteiger partial charge in [0.2, 0.25) is 11.8 Å². The highest BCUT2D eigenvalue weighted by atomic mass is 79.9. The van der Waals surface area contributed by atoms with Gasteiger partial charge in [0.25, 0.3) is 0 Å². The number of amides is 2. The van der Waals surface area contributed by atoms with E-state index in [0.29, 0.717) is 23.6 Å². The Morgan fingerprint density at radius 3 is 2.49 bits per heavy atom. The minimum absolute atomic E-state index is 0.0740. The predicted molar refractivity (Wildman–Crippen MR) is 146 cm³/mol. The number of carbonyl (C=O) groups is 3. The number of carbonyl (C=O) groups excluding carboxylic acids is 3. The van der Waals surface area contributed by atoms with Crippen LogP contribution in [0.5, 0.6) is 5.75 Å². The van der Waals surface area contributed by atoms with Crippen molar-refractivity contribution in [1.82, 2.24) is 5.32 Å². The molecule has 2 atom stereocenters. The van der Waals surface area contributed by atoms with Crippen molar-refractivity contribution in [3.05, 3.63) is 67.1 Å². The molecule has 37 heavy (non-hydrogen) atoms. The summed E-state index contributed by atoms with van der Waals surface area (Å²) in [6.07, 6.45) is 0. The van der Waals surface area contributed by atoms with E-state index in [0.717, 1.165) is 27.4 Å². The number of ether oxygens (including phenoxy) is 2. The smallest absolute Gasteiger partial charge is 0.319 e. The highest BCUT2D eigenvalue weighted by molar-refractivity contribution is 9.10. The van der Waals surface area contributed by atoms with Gasteiger partial charge in [0.05, 0.1) is 41.2 Å². The number of anilines is 1. The molecular formula is C26H25BrClN3O5S. The maximum absolute atomic E-state index is 13.0. The number of methoxy groups -OCH3 is 1. The van der Waals surface area contributed by atoms with E-state index < -0.39 is 23.7 Å². The van der Waals surface area contributed by atoms with Gasteiger partial charge in [0, 0.05) is 16.1 Å². The molecule has 0 aliphatic carbocycles. The number of esters is 1. The number of hydrogen-bond acceptors (Lipinski definition) is 7. The topological polar surface area (TPSA) is 118 Å². The van der Waals surface area contributed by atoms with E-state index in [1.54, 1.807) is 18.2 Å². The Balaban J connectivity index is 1.93. The monoisotopic (exact) mass is 605 g/mol. The average Bonchev–Trinajstić information content (AvgIpc) is 2.85. The molecule has 0 bridgehead atoms. The van der Waals surface area contributed by atoms with Crippen molar-refractivity contribution < 1.29 is 23.9 Å². The van der Waals surface area contributed by atoms with Crippen LogP contribution in [0.15, 0.2) is 45.4 Å². The molecule has 3 rings (SSSR count). The van der Waals surface area contributed by atoms with Crippen molar-refractivity contribution in [3.8, 4) is 11.8 Å². The summed E-state index contributed by atoms with van der Waals surface area (Å²) >= 11 is 10.8. The molecule has 2 aromatic rings. The first-order valence-electron chi connectivity index (χ1n) is 11.3. The fraction of sp³-hybridized carbons (Fsp3) is 0.308. The SMILES string of the molecule is CCOc1ccc([C@H]2C(C#N)=C(SCC(=O)Nc3c(C)cc(Br)cc3C)NC(=O)[C@H]2C(=O)OC)cc1Cl. The number of aryl methyl sites for hydroxylation is 2. The standard InChI is InChI=1S/C26H25BrClN3O5S/c1-5-36-19-7-6-15(10-18(19)28)21-17(11-29)25(31-24(33)22(21)26(34)35-4)37-12-20(32)30-23-13(2)8-16(27)9-14(23)3/h6-10,21-22H,5,12H2,1-4H3,(H,30,32)(H,31,33)/t21-,22-/m0/s1. The Morgan fingerprint density at radius 2 is 1.92 bits per heavy atom. The molecule has 2 N–H and O–H groups in total. The van der Waals surface area contributed by atoms with Gasteiger partial charge in [0.15, 0.2) is 0 Å². The first kappa shape index (κ1) is 28.6. The number of nitriles is 1. The van der Waals surface area contributed by atoms with Crippen LogP contribution in [0.1, 0.15) is 29.5 Å². The summed E-state index contributed by atoms with van der Waals surface area (Å²) in [6.45, 7) is 6.00. The van der Waals surface area contributed by atoms with Crippen LogP contribution >= 0.6 is 39.3 Å². The summed E-state index contributed by atoms with van der Waals surface area (Å²) < 4.78 is 11.2. The van der Waals surface area contributed by atoms with Crippen LogP contribution in [0.2, 0.25) is 5.02 Å². The first-order chi connectivity index (χ1) is 17.6. The summed E-state index contributed by atoms with van der Waals surface area (Å²) in [6, 6.07) is 10.8. The molecule has 1 heterocycles. The van der Waals surface area contributed by atoms with Gasteiger partial charge in [0.1, 0.15) is 11.7 Å². The third-order valence-electron chi connectivity index (χ3n) is 5.71. The van der Waals surface area contributed by atoms with Gasteiger partial charge >= 0.3 is 5.97 Å². The van der Waals surface area contributed by atoms with Crippen molar-refractivity contribution in [2.24, 2.45) is 5.92 Å². The van der Waals surface area contributed by atoms with Crippen LogP contribution in [-0.4, -0.2) is 37.3 Å². The molecule has 0 aromatic heterocycles. The molecule has 1 aliphatic heterocycles. The molecule has 2 amide bonds. The fourth-order valence-electron chi connectivity index (χ4n) is 4.08. The molecule has 0 unspecified atom stereocenters. The van der Waals surface area contributed by atoms with Crippen LogP contribution in [0.4, 0.5) is 5.69 Å². The van der Waals surface area contributed by atoms with E-state index in [4.69, 9.17) is 21.1 Å². The number of allylic oxidation sites excluding steroid dienone is 1. The zero-order valence-electron chi connectivity index (χ0n) is 20.6. The Morgan fingerprint density at radius 1 is 1.24 bits per heavy atom. The third-order valence-corrected chi connectivity index (χ3v) is 7.48. The molecule has 8 nitrogen and oxygen atoms in total. The largest absolute Gasteiger partial charge is 0.492 e. The highest BCUT2D eigenvalue weighted by Gasteiger charge is 2.44. The normalized spacial score (nSPS) is 17.1. The number of benzene rings is 2. The molecule has 2 aromatic carbocycles. The van der Waals surface area contributed by atoms with Crippen LogP contribution in [0.25, 0.3) is 0 Å². The quantitative estimate of drug-likeness (QED) is 0.312. The number of hydrogen-bond donors (Lipinski definition) is 2. The van der Waals surface area contributed by atoms with Gasteiger partial charge in [-0.25, -0.2) is 0 Å². The van der Waals surface area contributed by atoms with Crippen LogP contribution < -0.4 is 15.4 Å². The predicted octanol–water partition coefficient (Wildman–Crippen LogP) is 5.23. The Bertz CT molecular complexity index is 1300. The fourth-order valence-corrected chi connectivity index (χ4v) is 5.86. The van der Waals surface area contributed by atoms with Gasteiger partial charge < -0.3 is 20.1 Å². The number of nitrogens with zero attached hydrogens (tertiary/aromatic N) is 1. The van der Waals surface area contributed by atoms with E-state index in [-0.39, 0.29) is 27.3 Å². The summed E-state index contributed by atoms with van der Waals surface area (Å²) in [4.78, 5) is 38.4. The number of nitrogens with one attached hydrogen (secondary N) is 2. The second-order valence-electron chi connectivity index (χ2n) is 8.20. The molecule has 1 aliphatic rings. The molecule has 194 valence electrons. The van der Waals surface area contributed by atoms with Crippen LogP contribution in [0.3, 0.4) is 0 Å². The van der Waals surface area contributed by atoms with Crippen molar-refractivity contribution in [2.75, 3.05) is 24.8 Å². The van der Waals surface area contributed by atoms with Gasteiger partial charge in [-0.05, 0) is 61.7 Å². The van der Waals surface area contributed by atoms with Gasteiger partial charge in [-0.2, -0.15) is 5.26 Å². The summed E-state index contributed by atoms with van der Waals surface area (Å²) in [5, 5.41) is 16.1. The van der Waals surface area contributed by atoms with E-state index in [9.17, 15) is 19.6 Å². The molecule has 0 saturated heterocycles. The lowest BCUT2D eigenvalue weighted by atomic mass is 9.78. The van der Waals surface area contributed by atoms with Crippen molar-refractivity contribution >= 4 is 62.8 Å². The third kappa shape index (κ3) is 6.47. The second-order valence-corrected chi connectivity index (χ2v) is 10.5. The summed E-state index contributed by atoms with van der Waals surface area (Å²) in [5.74, 6) is -3.63. The van der Waals surface area contributed by atoms with Gasteiger partial charge in [-0.15, -0.1) is 0 Å². The molecule has 0 saturated carbocycles. The Hall–Kier alpha value is -3.00. The maximum atomic E-state index is 13.0. The zero-order chi connectivity index (χ0) is 27.3. The number of rotatable bonds is 8. The maximum Gasteiger partial charge on any atom is 0.319 e. The van der Waals surface area contributed by atoms with Gasteiger partial charge in [-0.1, -0.05) is 45.4 Å². The number of halogens is 2. The zero-order valence-corrected chi connectivity index (χ0v) is 23.8. The molecular weight excluding hydrogens is 582 g/mol. The summed E-state index contributed by atoms with van der Waals surface area (Å²) in [5.41, 5.74) is 3.08. The lowest BCUT2D eigenvalue weighted by molar-refractivity contribution is -0.150. The molecule has 0 radical (unpaired) electrons. The molecule has 11 heteroatoms. The molecule has 0 fully saturated rings. The second kappa shape index (κ2) is 12.5. The van der Waals surface area contributed by atoms with Crippen LogP contribution in [0, 0.1) is 31.1 Å². The van der Waals surface area contributed by atoms with E-state index in [2.05, 4.69) is 32.6 Å². The van der Waals surface area contributed by atoms with E-state index >= 15 is 0 Å². The Kier molecular flexibility index (Phi) is 9.65. The minimum Gasteiger partial charge on any atom is -0.492 e. The Labute approximate surface area is 232 Å². The molecule has 0 spiro atoms. The lowest BCUT2D eigenvalue weighted by Crippen LogP contribution is -2.44.